The molecule has 2 nitrogen and oxygen atoms in total. The van der Waals surface area contributed by atoms with E-state index in [9.17, 15) is 22.7 Å². The predicted octanol–water partition coefficient (Wildman–Crippen LogP) is 3.23. The normalized spacial score (nSPS) is 27.2. The zero-order valence-electron chi connectivity index (χ0n) is 10.3. The van der Waals surface area contributed by atoms with Crippen LogP contribution in [0, 0.1) is 5.82 Å². The molecule has 0 spiro atoms. The fourth-order valence-electron chi connectivity index (χ4n) is 2.31. The monoisotopic (exact) mass is 278 g/mol. The zero-order chi connectivity index (χ0) is 14.3. The second-order valence-electron chi connectivity index (χ2n) is 4.71. The van der Waals surface area contributed by atoms with Crippen molar-refractivity contribution in [3.8, 4) is 0 Å². The highest BCUT2D eigenvalue weighted by Gasteiger charge is 2.46. The number of benzene rings is 1. The van der Waals surface area contributed by atoms with E-state index in [0.717, 1.165) is 6.07 Å². The third-order valence-corrected chi connectivity index (χ3v) is 3.34. The van der Waals surface area contributed by atoms with Gasteiger partial charge in [0.05, 0.1) is 17.3 Å². The van der Waals surface area contributed by atoms with Crippen molar-refractivity contribution in [2.75, 3.05) is 6.61 Å². The molecule has 1 aliphatic rings. The average molecular weight is 278 g/mol. The molecule has 0 aromatic heterocycles. The Labute approximate surface area is 108 Å². The van der Waals surface area contributed by atoms with Crippen molar-refractivity contribution in [3.05, 3.63) is 35.1 Å². The molecule has 2 rings (SSSR count). The van der Waals surface area contributed by atoms with Gasteiger partial charge >= 0.3 is 6.18 Å². The molecule has 0 unspecified atom stereocenters. The topological polar surface area (TPSA) is 29.5 Å². The van der Waals surface area contributed by atoms with Gasteiger partial charge in [-0.25, -0.2) is 4.39 Å². The van der Waals surface area contributed by atoms with Crippen molar-refractivity contribution in [1.29, 1.82) is 0 Å². The molecule has 1 N–H and O–H groups in total. The SMILES string of the molecule is CCOC1CC(O)(c2ccc(F)c(C(F)(F)F)c2)C1. The first kappa shape index (κ1) is 14.3. The Morgan fingerprint density at radius 1 is 1.37 bits per heavy atom. The molecule has 1 aromatic carbocycles. The number of aliphatic hydroxyl groups is 1. The van der Waals surface area contributed by atoms with E-state index in [0.29, 0.717) is 12.7 Å². The van der Waals surface area contributed by atoms with Crippen molar-refractivity contribution >= 4 is 0 Å². The number of rotatable bonds is 3. The molecule has 6 heteroatoms. The first-order chi connectivity index (χ1) is 8.76. The van der Waals surface area contributed by atoms with Crippen LogP contribution in [0.25, 0.3) is 0 Å². The summed E-state index contributed by atoms with van der Waals surface area (Å²) >= 11 is 0. The molecule has 0 amide bonds. The summed E-state index contributed by atoms with van der Waals surface area (Å²) < 4.78 is 56.2. The summed E-state index contributed by atoms with van der Waals surface area (Å²) in [4.78, 5) is 0. The van der Waals surface area contributed by atoms with Gasteiger partial charge in [0, 0.05) is 19.4 Å². The van der Waals surface area contributed by atoms with Crippen LogP contribution in [-0.2, 0) is 16.5 Å². The van der Waals surface area contributed by atoms with Crippen molar-refractivity contribution < 1.29 is 27.4 Å². The van der Waals surface area contributed by atoms with E-state index in [4.69, 9.17) is 4.74 Å². The van der Waals surface area contributed by atoms with Gasteiger partial charge in [0.15, 0.2) is 0 Å². The van der Waals surface area contributed by atoms with Gasteiger partial charge < -0.3 is 9.84 Å². The minimum absolute atomic E-state index is 0.0807. The van der Waals surface area contributed by atoms with Gasteiger partial charge in [-0.15, -0.1) is 0 Å². The van der Waals surface area contributed by atoms with Gasteiger partial charge in [-0.1, -0.05) is 6.07 Å². The van der Waals surface area contributed by atoms with Crippen LogP contribution in [-0.4, -0.2) is 17.8 Å². The van der Waals surface area contributed by atoms with E-state index in [1.807, 2.05) is 0 Å². The van der Waals surface area contributed by atoms with Gasteiger partial charge in [-0.2, -0.15) is 13.2 Å². The average Bonchev–Trinajstić information content (AvgIpc) is 2.26. The van der Waals surface area contributed by atoms with Gasteiger partial charge in [0.1, 0.15) is 5.82 Å². The highest BCUT2D eigenvalue weighted by Crippen LogP contribution is 2.44. The summed E-state index contributed by atoms with van der Waals surface area (Å²) in [5, 5.41) is 10.2. The molecule has 0 bridgehead atoms. The number of hydrogen-bond acceptors (Lipinski definition) is 2. The standard InChI is InChI=1S/C13H14F4O2/c1-2-19-9-6-12(18,7-9)8-3-4-11(14)10(5-8)13(15,16)17/h3-5,9,18H,2,6-7H2,1H3. The van der Waals surface area contributed by atoms with Crippen molar-refractivity contribution in [2.24, 2.45) is 0 Å². The van der Waals surface area contributed by atoms with E-state index >= 15 is 0 Å². The third-order valence-electron chi connectivity index (χ3n) is 3.34. The minimum Gasteiger partial charge on any atom is -0.385 e. The van der Waals surface area contributed by atoms with Crippen LogP contribution < -0.4 is 0 Å². The van der Waals surface area contributed by atoms with Gasteiger partial charge in [-0.3, -0.25) is 0 Å². The number of hydrogen-bond donors (Lipinski definition) is 1. The van der Waals surface area contributed by atoms with Crippen LogP contribution in [0.15, 0.2) is 18.2 Å². The molecule has 1 aromatic rings. The maximum absolute atomic E-state index is 13.1. The van der Waals surface area contributed by atoms with Crippen LogP contribution in [0.1, 0.15) is 30.9 Å². The van der Waals surface area contributed by atoms with Gasteiger partial charge in [-0.05, 0) is 24.6 Å². The van der Waals surface area contributed by atoms with Crippen LogP contribution in [0.4, 0.5) is 17.6 Å². The van der Waals surface area contributed by atoms with Crippen molar-refractivity contribution in [2.45, 2.75) is 37.6 Å². The molecule has 1 fully saturated rings. The van der Waals surface area contributed by atoms with Gasteiger partial charge in [0.2, 0.25) is 0 Å². The van der Waals surface area contributed by atoms with E-state index < -0.39 is 23.2 Å². The van der Waals surface area contributed by atoms with E-state index in [1.54, 1.807) is 6.92 Å². The smallest absolute Gasteiger partial charge is 0.385 e. The molecule has 19 heavy (non-hydrogen) atoms. The molecule has 0 atom stereocenters. The summed E-state index contributed by atoms with van der Waals surface area (Å²) in [6.45, 7) is 2.29. The first-order valence-electron chi connectivity index (χ1n) is 5.97. The van der Waals surface area contributed by atoms with Crippen LogP contribution in [0.5, 0.6) is 0 Å². The summed E-state index contributed by atoms with van der Waals surface area (Å²) in [5.41, 5.74) is -2.62. The molecule has 0 heterocycles. The van der Waals surface area contributed by atoms with Gasteiger partial charge in [0.25, 0.3) is 0 Å². The van der Waals surface area contributed by atoms with Crippen LogP contribution in [0.3, 0.4) is 0 Å². The summed E-state index contributed by atoms with van der Waals surface area (Å²) in [6, 6.07) is 2.61. The lowest BCUT2D eigenvalue weighted by molar-refractivity contribution is -0.146. The number of ether oxygens (including phenoxy) is 1. The van der Waals surface area contributed by atoms with E-state index in [1.165, 1.54) is 6.07 Å². The fraction of sp³-hybridized carbons (Fsp3) is 0.538. The van der Waals surface area contributed by atoms with Crippen LogP contribution >= 0.6 is 0 Å². The second-order valence-corrected chi connectivity index (χ2v) is 4.71. The zero-order valence-corrected chi connectivity index (χ0v) is 10.3. The Morgan fingerprint density at radius 3 is 2.53 bits per heavy atom. The second kappa shape index (κ2) is 4.76. The quantitative estimate of drug-likeness (QED) is 0.860. The fourth-order valence-corrected chi connectivity index (χ4v) is 2.31. The third kappa shape index (κ3) is 2.74. The lowest BCUT2D eigenvalue weighted by Crippen LogP contribution is -2.46. The number of halogens is 4. The van der Waals surface area contributed by atoms with E-state index in [2.05, 4.69) is 0 Å². The van der Waals surface area contributed by atoms with E-state index in [-0.39, 0.29) is 24.5 Å². The Balaban J connectivity index is 2.23. The molecule has 0 saturated heterocycles. The van der Waals surface area contributed by atoms with Crippen molar-refractivity contribution in [3.63, 3.8) is 0 Å². The largest absolute Gasteiger partial charge is 0.419 e. The van der Waals surface area contributed by atoms with Crippen LogP contribution in [0.2, 0.25) is 0 Å². The first-order valence-corrected chi connectivity index (χ1v) is 5.97. The molecule has 0 aliphatic heterocycles. The maximum Gasteiger partial charge on any atom is 0.419 e. The molecular weight excluding hydrogens is 264 g/mol. The molecule has 106 valence electrons. The summed E-state index contributed by atoms with van der Waals surface area (Å²) in [7, 11) is 0. The summed E-state index contributed by atoms with van der Waals surface area (Å²) in [5.74, 6) is -1.33. The highest BCUT2D eigenvalue weighted by molar-refractivity contribution is 5.33. The Kier molecular flexibility index (Phi) is 3.57. The molecule has 0 radical (unpaired) electrons. The Bertz CT molecular complexity index is 464. The Morgan fingerprint density at radius 2 is 2.00 bits per heavy atom. The molecule has 1 aliphatic carbocycles. The number of alkyl halides is 3. The van der Waals surface area contributed by atoms with Crippen molar-refractivity contribution in [1.82, 2.24) is 0 Å². The summed E-state index contributed by atoms with van der Waals surface area (Å²) in [6.07, 6.45) is -4.47. The predicted molar refractivity (Wildman–Crippen MR) is 59.9 cm³/mol. The maximum atomic E-state index is 13.1. The lowest BCUT2D eigenvalue weighted by atomic mass is 9.72. The lowest BCUT2D eigenvalue weighted by Gasteiger charge is -2.43. The highest BCUT2D eigenvalue weighted by atomic mass is 19.4. The molecule has 1 saturated carbocycles. The minimum atomic E-state index is -4.76. The molecular formula is C13H14F4O2. The Hall–Kier alpha value is -1.14.